The Labute approximate surface area is 115 Å². The van der Waals surface area contributed by atoms with Crippen LogP contribution in [0, 0.1) is 0 Å². The number of nitrogens with one attached hydrogen (secondary N) is 3. The summed E-state index contributed by atoms with van der Waals surface area (Å²) in [6.45, 7) is 1.46. The number of ether oxygens (including phenoxy) is 2. The Morgan fingerprint density at radius 2 is 2.15 bits per heavy atom. The van der Waals surface area contributed by atoms with E-state index < -0.39 is 6.04 Å². The van der Waals surface area contributed by atoms with Crippen molar-refractivity contribution >= 4 is 17.5 Å². The molecule has 0 saturated carbocycles. The van der Waals surface area contributed by atoms with Crippen molar-refractivity contribution in [3.8, 4) is 11.5 Å². The van der Waals surface area contributed by atoms with Gasteiger partial charge in [0, 0.05) is 24.8 Å². The zero-order valence-electron chi connectivity index (χ0n) is 10.8. The van der Waals surface area contributed by atoms with Gasteiger partial charge in [-0.05, 0) is 12.1 Å². The molecule has 1 fully saturated rings. The molecule has 2 aliphatic heterocycles. The van der Waals surface area contributed by atoms with Crippen molar-refractivity contribution in [3.63, 3.8) is 0 Å². The summed E-state index contributed by atoms with van der Waals surface area (Å²) in [4.78, 5) is 23.5. The second-order valence-electron chi connectivity index (χ2n) is 4.62. The van der Waals surface area contributed by atoms with Gasteiger partial charge in [0.1, 0.15) is 0 Å². The van der Waals surface area contributed by atoms with Crippen molar-refractivity contribution in [2.45, 2.75) is 12.5 Å². The monoisotopic (exact) mass is 277 g/mol. The first-order valence-electron chi connectivity index (χ1n) is 6.43. The van der Waals surface area contributed by atoms with Gasteiger partial charge in [-0.3, -0.25) is 9.59 Å². The van der Waals surface area contributed by atoms with Gasteiger partial charge in [-0.2, -0.15) is 0 Å². The molecule has 1 aromatic carbocycles. The summed E-state index contributed by atoms with van der Waals surface area (Å²) in [5, 5.41) is 8.47. The third-order valence-corrected chi connectivity index (χ3v) is 3.18. The Bertz CT molecular complexity index is 546. The third-order valence-electron chi connectivity index (χ3n) is 3.18. The maximum absolute atomic E-state index is 11.9. The van der Waals surface area contributed by atoms with E-state index >= 15 is 0 Å². The summed E-state index contributed by atoms with van der Waals surface area (Å²) in [7, 11) is 0. The number of carbonyl (C=O) groups excluding carboxylic acids is 2. The molecule has 7 heteroatoms. The Kier molecular flexibility index (Phi) is 3.42. The van der Waals surface area contributed by atoms with Gasteiger partial charge in [0.15, 0.2) is 11.5 Å². The molecule has 20 heavy (non-hydrogen) atoms. The topological polar surface area (TPSA) is 88.7 Å². The van der Waals surface area contributed by atoms with Gasteiger partial charge in [-0.15, -0.1) is 0 Å². The highest BCUT2D eigenvalue weighted by molar-refractivity contribution is 5.95. The highest BCUT2D eigenvalue weighted by Gasteiger charge is 2.24. The zero-order chi connectivity index (χ0) is 13.9. The third kappa shape index (κ3) is 2.67. The molecule has 3 rings (SSSR count). The number of hydrogen-bond acceptors (Lipinski definition) is 5. The minimum Gasteiger partial charge on any atom is -0.454 e. The summed E-state index contributed by atoms with van der Waals surface area (Å²) in [5.74, 6) is 0.906. The molecule has 0 aliphatic carbocycles. The van der Waals surface area contributed by atoms with E-state index in [2.05, 4.69) is 16.0 Å². The van der Waals surface area contributed by atoms with Crippen molar-refractivity contribution in [3.05, 3.63) is 18.2 Å². The highest BCUT2D eigenvalue weighted by Crippen LogP contribution is 2.34. The van der Waals surface area contributed by atoms with Crippen LogP contribution in [0.25, 0.3) is 0 Å². The number of rotatable bonds is 3. The lowest BCUT2D eigenvalue weighted by atomic mass is 10.1. The van der Waals surface area contributed by atoms with Gasteiger partial charge in [-0.1, -0.05) is 0 Å². The normalized spacial score (nSPS) is 20.4. The summed E-state index contributed by atoms with van der Waals surface area (Å²) in [5.41, 5.74) is 0.621. The van der Waals surface area contributed by atoms with E-state index in [1.165, 1.54) is 0 Å². The average Bonchev–Trinajstić information content (AvgIpc) is 2.89. The van der Waals surface area contributed by atoms with Crippen LogP contribution in [0.3, 0.4) is 0 Å². The van der Waals surface area contributed by atoms with Gasteiger partial charge in [-0.25, -0.2) is 0 Å². The van der Waals surface area contributed by atoms with Crippen LogP contribution in [0.15, 0.2) is 18.2 Å². The molecule has 0 bridgehead atoms. The van der Waals surface area contributed by atoms with Crippen molar-refractivity contribution in [1.82, 2.24) is 10.6 Å². The lowest BCUT2D eigenvalue weighted by molar-refractivity contribution is -0.127. The fourth-order valence-corrected chi connectivity index (χ4v) is 2.18. The van der Waals surface area contributed by atoms with Gasteiger partial charge in [0.2, 0.25) is 18.6 Å². The predicted octanol–water partition coefficient (Wildman–Crippen LogP) is -0.168. The van der Waals surface area contributed by atoms with Gasteiger partial charge in [0.05, 0.1) is 12.5 Å². The molecule has 1 atom stereocenters. The molecule has 3 N–H and O–H groups in total. The fraction of sp³-hybridized carbons (Fsp3) is 0.385. The SMILES string of the molecule is O=C(C[C@H]1NCCNC1=O)Nc1ccc2c(c1)OCO2. The predicted molar refractivity (Wildman–Crippen MR) is 70.6 cm³/mol. The van der Waals surface area contributed by atoms with E-state index in [9.17, 15) is 9.59 Å². The quantitative estimate of drug-likeness (QED) is 0.714. The first-order chi connectivity index (χ1) is 9.72. The largest absolute Gasteiger partial charge is 0.454 e. The molecule has 2 amide bonds. The second kappa shape index (κ2) is 5.38. The Hall–Kier alpha value is -2.28. The number of fused-ring (bicyclic) bond motifs is 1. The van der Waals surface area contributed by atoms with Gasteiger partial charge >= 0.3 is 0 Å². The van der Waals surface area contributed by atoms with Crippen LogP contribution in [0.2, 0.25) is 0 Å². The smallest absolute Gasteiger partial charge is 0.237 e. The molecule has 106 valence electrons. The van der Waals surface area contributed by atoms with E-state index in [-0.39, 0.29) is 25.0 Å². The van der Waals surface area contributed by atoms with Crippen LogP contribution < -0.4 is 25.4 Å². The van der Waals surface area contributed by atoms with E-state index in [0.717, 1.165) is 0 Å². The van der Waals surface area contributed by atoms with Gasteiger partial charge < -0.3 is 25.4 Å². The lowest BCUT2D eigenvalue weighted by Gasteiger charge is -2.22. The van der Waals surface area contributed by atoms with Crippen molar-refractivity contribution in [1.29, 1.82) is 0 Å². The zero-order valence-corrected chi connectivity index (χ0v) is 10.8. The molecule has 2 aliphatic rings. The van der Waals surface area contributed by atoms with Gasteiger partial charge in [0.25, 0.3) is 0 Å². The molecule has 0 radical (unpaired) electrons. The number of amides is 2. The molecular weight excluding hydrogens is 262 g/mol. The minimum absolute atomic E-state index is 0.0975. The second-order valence-corrected chi connectivity index (χ2v) is 4.62. The van der Waals surface area contributed by atoms with E-state index in [1.54, 1.807) is 18.2 Å². The number of carbonyl (C=O) groups is 2. The van der Waals surface area contributed by atoms with Crippen molar-refractivity contribution in [2.24, 2.45) is 0 Å². The van der Waals surface area contributed by atoms with Crippen LogP contribution in [0.1, 0.15) is 6.42 Å². The molecule has 0 unspecified atom stereocenters. The summed E-state index contributed by atoms with van der Waals surface area (Å²) in [6.07, 6.45) is 0.0975. The maximum atomic E-state index is 11.9. The Balaban J connectivity index is 1.60. The number of anilines is 1. The summed E-state index contributed by atoms with van der Waals surface area (Å²) in [6, 6.07) is 4.70. The van der Waals surface area contributed by atoms with Crippen LogP contribution in [-0.2, 0) is 9.59 Å². The summed E-state index contributed by atoms with van der Waals surface area (Å²) >= 11 is 0. The van der Waals surface area contributed by atoms with Crippen LogP contribution in [0.5, 0.6) is 11.5 Å². The molecule has 2 heterocycles. The first kappa shape index (κ1) is 12.7. The minimum atomic E-state index is -0.474. The number of hydrogen-bond donors (Lipinski definition) is 3. The first-order valence-corrected chi connectivity index (χ1v) is 6.43. The number of benzene rings is 1. The molecule has 1 saturated heterocycles. The highest BCUT2D eigenvalue weighted by atomic mass is 16.7. The molecule has 7 nitrogen and oxygen atoms in total. The summed E-state index contributed by atoms with van der Waals surface area (Å²) < 4.78 is 10.4. The average molecular weight is 277 g/mol. The van der Waals surface area contributed by atoms with Crippen LogP contribution in [0.4, 0.5) is 5.69 Å². The molecule has 0 spiro atoms. The van der Waals surface area contributed by atoms with E-state index in [1.807, 2.05) is 0 Å². The lowest BCUT2D eigenvalue weighted by Crippen LogP contribution is -2.53. The Morgan fingerprint density at radius 1 is 1.30 bits per heavy atom. The van der Waals surface area contributed by atoms with E-state index in [4.69, 9.17) is 9.47 Å². The van der Waals surface area contributed by atoms with E-state index in [0.29, 0.717) is 30.3 Å². The van der Waals surface area contributed by atoms with Crippen molar-refractivity contribution in [2.75, 3.05) is 25.2 Å². The molecular formula is C13H15N3O4. The maximum Gasteiger partial charge on any atom is 0.237 e. The van der Waals surface area contributed by atoms with Crippen molar-refractivity contribution < 1.29 is 19.1 Å². The Morgan fingerprint density at radius 3 is 3.00 bits per heavy atom. The molecule has 1 aromatic rings. The fourth-order valence-electron chi connectivity index (χ4n) is 2.18. The number of piperazine rings is 1. The molecule has 0 aromatic heterocycles. The van der Waals surface area contributed by atoms with Crippen LogP contribution in [-0.4, -0.2) is 37.7 Å². The van der Waals surface area contributed by atoms with Crippen LogP contribution >= 0.6 is 0 Å². The standard InChI is InChI=1S/C13H15N3O4/c17-12(6-9-13(18)15-4-3-14-9)16-8-1-2-10-11(5-8)20-7-19-10/h1-2,5,9,14H,3-4,6-7H2,(H,15,18)(H,16,17)/t9-/m1/s1.